The molecule has 6 heteroatoms. The van der Waals surface area contributed by atoms with E-state index in [-0.39, 0.29) is 5.91 Å². The molecular weight excluding hydrogens is 326 g/mol. The smallest absolute Gasteiger partial charge is 0.253 e. The Kier molecular flexibility index (Phi) is 5.13. The second kappa shape index (κ2) is 7.66. The fourth-order valence-electron chi connectivity index (χ4n) is 2.15. The van der Waals surface area contributed by atoms with E-state index in [2.05, 4.69) is 15.6 Å². The summed E-state index contributed by atoms with van der Waals surface area (Å²) in [4.78, 5) is 16.3. The van der Waals surface area contributed by atoms with Crippen LogP contribution in [0.1, 0.15) is 21.7 Å². The Hall–Kier alpha value is -2.79. The van der Waals surface area contributed by atoms with Crippen molar-refractivity contribution in [1.29, 1.82) is 0 Å². The summed E-state index contributed by atoms with van der Waals surface area (Å²) < 4.78 is 5.26. The summed E-state index contributed by atoms with van der Waals surface area (Å²) >= 11 is 5.85. The number of hydrogen-bond acceptors (Lipinski definition) is 4. The lowest BCUT2D eigenvalue weighted by Crippen LogP contribution is -2.23. The number of amides is 1. The van der Waals surface area contributed by atoms with E-state index in [1.54, 1.807) is 30.7 Å². The molecule has 0 atom stereocenters. The van der Waals surface area contributed by atoms with Gasteiger partial charge in [-0.3, -0.25) is 9.78 Å². The first-order valence-electron chi connectivity index (χ1n) is 7.44. The van der Waals surface area contributed by atoms with Crippen molar-refractivity contribution in [2.24, 2.45) is 0 Å². The highest BCUT2D eigenvalue weighted by Crippen LogP contribution is 2.12. The van der Waals surface area contributed by atoms with E-state index in [9.17, 15) is 4.79 Å². The van der Waals surface area contributed by atoms with E-state index in [0.717, 1.165) is 17.0 Å². The molecular formula is C18H16ClN3O2. The number of carbonyl (C=O) groups excluding carboxylic acids is 1. The Morgan fingerprint density at radius 2 is 1.96 bits per heavy atom. The number of carbonyl (C=O) groups is 1. The number of nitrogens with one attached hydrogen (secondary N) is 2. The molecule has 0 saturated carbocycles. The molecule has 0 spiro atoms. The fourth-order valence-corrected chi connectivity index (χ4v) is 2.28. The van der Waals surface area contributed by atoms with Crippen molar-refractivity contribution in [2.45, 2.75) is 13.1 Å². The maximum atomic E-state index is 12.2. The molecule has 2 N–H and O–H groups in total. The summed E-state index contributed by atoms with van der Waals surface area (Å²) in [7, 11) is 0. The predicted octanol–water partition coefficient (Wildman–Crippen LogP) is 3.87. The molecule has 0 radical (unpaired) electrons. The minimum absolute atomic E-state index is 0.181. The van der Waals surface area contributed by atoms with Gasteiger partial charge in [0, 0.05) is 24.0 Å². The number of rotatable bonds is 6. The first kappa shape index (κ1) is 16.1. The summed E-state index contributed by atoms with van der Waals surface area (Å²) in [6.07, 6.45) is 4.82. The quantitative estimate of drug-likeness (QED) is 0.714. The van der Waals surface area contributed by atoms with Crippen molar-refractivity contribution in [3.8, 4) is 0 Å². The van der Waals surface area contributed by atoms with E-state index < -0.39 is 0 Å². The van der Waals surface area contributed by atoms with Gasteiger partial charge in [-0.05, 0) is 35.9 Å². The van der Waals surface area contributed by atoms with Crippen LogP contribution in [0.5, 0.6) is 0 Å². The number of pyridine rings is 1. The molecule has 0 aliphatic heterocycles. The lowest BCUT2D eigenvalue weighted by atomic mass is 10.2. The normalized spacial score (nSPS) is 10.4. The Bertz CT molecular complexity index is 801. The molecule has 0 unspecified atom stereocenters. The van der Waals surface area contributed by atoms with Gasteiger partial charge in [0.05, 0.1) is 24.1 Å². The lowest BCUT2D eigenvalue weighted by Gasteiger charge is -2.08. The zero-order chi connectivity index (χ0) is 16.8. The third kappa shape index (κ3) is 4.36. The van der Waals surface area contributed by atoms with Crippen LogP contribution in [-0.2, 0) is 13.1 Å². The minimum Gasteiger partial charge on any atom is -0.467 e. The van der Waals surface area contributed by atoms with Crippen LogP contribution < -0.4 is 10.6 Å². The van der Waals surface area contributed by atoms with Crippen molar-refractivity contribution in [3.63, 3.8) is 0 Å². The SMILES string of the molecule is O=C(NCc1ccc(Cl)cc1)c1cncc(NCc2ccco2)c1. The van der Waals surface area contributed by atoms with Crippen LogP contribution in [0.2, 0.25) is 5.02 Å². The average molecular weight is 342 g/mol. The van der Waals surface area contributed by atoms with E-state index in [1.165, 1.54) is 6.20 Å². The van der Waals surface area contributed by atoms with E-state index in [0.29, 0.717) is 23.7 Å². The highest BCUT2D eigenvalue weighted by molar-refractivity contribution is 6.30. The van der Waals surface area contributed by atoms with Gasteiger partial charge in [-0.1, -0.05) is 23.7 Å². The van der Waals surface area contributed by atoms with Gasteiger partial charge >= 0.3 is 0 Å². The molecule has 0 fully saturated rings. The number of anilines is 1. The average Bonchev–Trinajstić information content (AvgIpc) is 3.13. The summed E-state index contributed by atoms with van der Waals surface area (Å²) in [5.41, 5.74) is 2.23. The van der Waals surface area contributed by atoms with E-state index >= 15 is 0 Å². The standard InChI is InChI=1S/C18H16ClN3O2/c19-15-5-3-13(4-6-15)9-22-18(23)14-8-16(11-20-10-14)21-12-17-2-1-7-24-17/h1-8,10-11,21H,9,12H2,(H,22,23). The monoisotopic (exact) mass is 341 g/mol. The maximum absolute atomic E-state index is 12.2. The van der Waals surface area contributed by atoms with Crippen molar-refractivity contribution < 1.29 is 9.21 Å². The van der Waals surface area contributed by atoms with Crippen molar-refractivity contribution >= 4 is 23.2 Å². The molecule has 5 nitrogen and oxygen atoms in total. The molecule has 3 aromatic rings. The molecule has 24 heavy (non-hydrogen) atoms. The van der Waals surface area contributed by atoms with Crippen LogP contribution in [0.4, 0.5) is 5.69 Å². The molecule has 1 aromatic carbocycles. The van der Waals surface area contributed by atoms with Gasteiger partial charge in [0.15, 0.2) is 0 Å². The zero-order valence-corrected chi connectivity index (χ0v) is 13.6. The van der Waals surface area contributed by atoms with Crippen LogP contribution in [0.15, 0.2) is 65.5 Å². The largest absolute Gasteiger partial charge is 0.467 e. The van der Waals surface area contributed by atoms with Gasteiger partial charge in [0.2, 0.25) is 0 Å². The third-order valence-corrected chi connectivity index (χ3v) is 3.67. The van der Waals surface area contributed by atoms with Crippen molar-refractivity contribution in [3.05, 3.63) is 83.0 Å². The molecule has 0 bridgehead atoms. The Morgan fingerprint density at radius 3 is 2.71 bits per heavy atom. The highest BCUT2D eigenvalue weighted by atomic mass is 35.5. The molecule has 2 aromatic heterocycles. The van der Waals surface area contributed by atoms with Crippen LogP contribution >= 0.6 is 11.6 Å². The van der Waals surface area contributed by atoms with Crippen molar-refractivity contribution in [1.82, 2.24) is 10.3 Å². The number of aromatic nitrogens is 1. The fraction of sp³-hybridized carbons (Fsp3) is 0.111. The molecule has 3 rings (SSSR count). The van der Waals surface area contributed by atoms with Gasteiger partial charge < -0.3 is 15.1 Å². The number of halogens is 1. The van der Waals surface area contributed by atoms with Crippen LogP contribution in [-0.4, -0.2) is 10.9 Å². The summed E-state index contributed by atoms with van der Waals surface area (Å²) in [5.74, 6) is 0.631. The molecule has 0 saturated heterocycles. The minimum atomic E-state index is -0.181. The molecule has 1 amide bonds. The van der Waals surface area contributed by atoms with E-state index in [1.807, 2.05) is 24.3 Å². The number of benzene rings is 1. The second-order valence-electron chi connectivity index (χ2n) is 5.20. The topological polar surface area (TPSA) is 67.2 Å². The van der Waals surface area contributed by atoms with Crippen LogP contribution in [0, 0.1) is 0 Å². The van der Waals surface area contributed by atoms with Crippen molar-refractivity contribution in [2.75, 3.05) is 5.32 Å². The first-order valence-corrected chi connectivity index (χ1v) is 7.82. The predicted molar refractivity (Wildman–Crippen MR) is 92.9 cm³/mol. The molecule has 122 valence electrons. The Balaban J connectivity index is 1.58. The molecule has 0 aliphatic rings. The number of hydrogen-bond donors (Lipinski definition) is 2. The van der Waals surface area contributed by atoms with Crippen LogP contribution in [0.3, 0.4) is 0 Å². The van der Waals surface area contributed by atoms with Crippen LogP contribution in [0.25, 0.3) is 0 Å². The molecule has 0 aliphatic carbocycles. The first-order chi connectivity index (χ1) is 11.7. The number of furan rings is 1. The Morgan fingerprint density at radius 1 is 1.12 bits per heavy atom. The maximum Gasteiger partial charge on any atom is 0.253 e. The van der Waals surface area contributed by atoms with E-state index in [4.69, 9.17) is 16.0 Å². The zero-order valence-electron chi connectivity index (χ0n) is 12.8. The van der Waals surface area contributed by atoms with Gasteiger partial charge in [0.25, 0.3) is 5.91 Å². The second-order valence-corrected chi connectivity index (χ2v) is 5.64. The van der Waals surface area contributed by atoms with Gasteiger partial charge in [-0.2, -0.15) is 0 Å². The summed E-state index contributed by atoms with van der Waals surface area (Å²) in [5, 5.41) is 6.71. The third-order valence-electron chi connectivity index (χ3n) is 3.41. The highest BCUT2D eigenvalue weighted by Gasteiger charge is 2.07. The summed E-state index contributed by atoms with van der Waals surface area (Å²) in [6.45, 7) is 0.963. The van der Waals surface area contributed by atoms with Gasteiger partial charge in [0.1, 0.15) is 5.76 Å². The summed E-state index contributed by atoms with van der Waals surface area (Å²) in [6, 6.07) is 12.8. The number of nitrogens with zero attached hydrogens (tertiary/aromatic N) is 1. The Labute approximate surface area is 144 Å². The molecule has 2 heterocycles. The lowest BCUT2D eigenvalue weighted by molar-refractivity contribution is 0.0950. The van der Waals surface area contributed by atoms with Gasteiger partial charge in [-0.25, -0.2) is 0 Å². The van der Waals surface area contributed by atoms with Gasteiger partial charge in [-0.15, -0.1) is 0 Å².